The molecule has 3 heterocycles. The Kier molecular flexibility index (Phi) is 4.54. The SMILES string of the molecule is C[C@H]1CCC[C@]2(C)C[C@H]3OC(=O)[C@H](C[NH+]4C[C@]5(C)C[NH+](C)C[C@](C)(C4)C5)[C@H]3C=C12. The van der Waals surface area contributed by atoms with E-state index in [1.54, 1.807) is 15.4 Å². The summed E-state index contributed by atoms with van der Waals surface area (Å²) < 4.78 is 6.03. The van der Waals surface area contributed by atoms with Crippen molar-refractivity contribution in [1.29, 1.82) is 0 Å². The van der Waals surface area contributed by atoms with Gasteiger partial charge in [0.25, 0.3) is 0 Å². The van der Waals surface area contributed by atoms with E-state index in [2.05, 4.69) is 40.8 Å². The Hall–Kier alpha value is -0.870. The van der Waals surface area contributed by atoms with Gasteiger partial charge < -0.3 is 14.5 Å². The van der Waals surface area contributed by atoms with Gasteiger partial charge in [-0.2, -0.15) is 0 Å². The minimum Gasteiger partial charge on any atom is -0.461 e. The summed E-state index contributed by atoms with van der Waals surface area (Å²) in [5.41, 5.74) is 2.72. The second-order valence-electron chi connectivity index (χ2n) is 12.8. The molecule has 4 fully saturated rings. The molecule has 3 aliphatic heterocycles. The van der Waals surface area contributed by atoms with Crippen LogP contribution in [0.4, 0.5) is 0 Å². The Morgan fingerprint density at radius 1 is 1.14 bits per heavy atom. The standard InChI is InChI=1S/C25H40N2O2/c1-17-7-6-8-25(4)10-21-18(9-20(17)25)19(22(28)29-21)11-27-15-23(2)12-24(3,16-27)14-26(5)13-23/h9,17-19,21H,6-8,10-16H2,1-5H3/p+2/t17-,18+,19+,21+,23-,24+,25+/m0/s1. The van der Waals surface area contributed by atoms with Crippen LogP contribution in [0.1, 0.15) is 59.8 Å². The first-order chi connectivity index (χ1) is 13.6. The summed E-state index contributed by atoms with van der Waals surface area (Å²) in [6.07, 6.45) is 8.93. The van der Waals surface area contributed by atoms with Crippen molar-refractivity contribution in [2.24, 2.45) is 34.0 Å². The molecule has 4 nitrogen and oxygen atoms in total. The maximum atomic E-state index is 13.0. The van der Waals surface area contributed by atoms with Crippen LogP contribution in [0, 0.1) is 34.0 Å². The van der Waals surface area contributed by atoms with Crippen LogP contribution in [-0.4, -0.2) is 51.8 Å². The van der Waals surface area contributed by atoms with Gasteiger partial charge in [-0.3, -0.25) is 4.79 Å². The Labute approximate surface area is 177 Å². The molecule has 2 unspecified atom stereocenters. The predicted octanol–water partition coefficient (Wildman–Crippen LogP) is 1.13. The van der Waals surface area contributed by atoms with E-state index in [1.165, 1.54) is 51.9 Å². The number of likely N-dealkylation sites (tertiary alicyclic amines) is 2. The highest BCUT2D eigenvalue weighted by atomic mass is 16.6. The van der Waals surface area contributed by atoms with Crippen LogP contribution in [-0.2, 0) is 9.53 Å². The Bertz CT molecular complexity index is 714. The third kappa shape index (κ3) is 3.39. The van der Waals surface area contributed by atoms with E-state index < -0.39 is 0 Å². The summed E-state index contributed by atoms with van der Waals surface area (Å²) in [5, 5.41) is 0. The molecule has 5 aliphatic rings. The number of allylic oxidation sites excluding steroid dienone is 1. The number of hydrogen-bond acceptors (Lipinski definition) is 2. The van der Waals surface area contributed by atoms with Crippen molar-refractivity contribution in [3.05, 3.63) is 11.6 Å². The van der Waals surface area contributed by atoms with Crippen molar-refractivity contribution in [3.8, 4) is 0 Å². The number of esters is 1. The third-order valence-corrected chi connectivity index (χ3v) is 9.25. The number of hydrogen-bond donors (Lipinski definition) is 2. The number of carbonyl (C=O) groups is 1. The highest BCUT2D eigenvalue weighted by Gasteiger charge is 2.56. The summed E-state index contributed by atoms with van der Waals surface area (Å²) in [6.45, 7) is 15.7. The molecule has 0 aromatic rings. The van der Waals surface area contributed by atoms with Crippen molar-refractivity contribution in [2.75, 3.05) is 39.8 Å². The second kappa shape index (κ2) is 6.56. The molecule has 4 heteroatoms. The van der Waals surface area contributed by atoms with Crippen LogP contribution in [0.25, 0.3) is 0 Å². The average Bonchev–Trinajstić information content (AvgIpc) is 2.84. The number of carbonyl (C=O) groups excluding carboxylic acids is 1. The lowest BCUT2D eigenvalue weighted by molar-refractivity contribution is -0.966. The Morgan fingerprint density at radius 3 is 2.52 bits per heavy atom. The van der Waals surface area contributed by atoms with Gasteiger partial charge >= 0.3 is 5.97 Å². The van der Waals surface area contributed by atoms with Crippen molar-refractivity contribution >= 4 is 5.97 Å². The molecule has 0 amide bonds. The molecular formula is C25H42N2O2+2. The molecule has 5 rings (SSSR count). The molecule has 2 aliphatic carbocycles. The number of rotatable bonds is 2. The van der Waals surface area contributed by atoms with E-state index in [9.17, 15) is 4.79 Å². The van der Waals surface area contributed by atoms with Gasteiger partial charge in [-0.25, -0.2) is 0 Å². The van der Waals surface area contributed by atoms with Crippen LogP contribution in [0.5, 0.6) is 0 Å². The summed E-state index contributed by atoms with van der Waals surface area (Å²) in [5.74, 6) is 1.14. The summed E-state index contributed by atoms with van der Waals surface area (Å²) in [7, 11) is 2.36. The molecule has 3 saturated heterocycles. The zero-order valence-electron chi connectivity index (χ0n) is 19.3. The molecule has 162 valence electrons. The van der Waals surface area contributed by atoms with E-state index in [1.807, 2.05) is 0 Å². The quantitative estimate of drug-likeness (QED) is 0.537. The molecule has 9 atom stereocenters. The van der Waals surface area contributed by atoms with Crippen LogP contribution < -0.4 is 9.80 Å². The normalized spacial score (nSPS) is 54.2. The number of nitrogens with one attached hydrogen (secondary N) is 2. The van der Waals surface area contributed by atoms with Crippen molar-refractivity contribution in [3.63, 3.8) is 0 Å². The molecule has 2 bridgehead atoms. The fraction of sp³-hybridized carbons (Fsp3) is 0.880. The average molecular weight is 403 g/mol. The summed E-state index contributed by atoms with van der Waals surface area (Å²) >= 11 is 0. The lowest BCUT2D eigenvalue weighted by atomic mass is 9.59. The minimum atomic E-state index is 0.0669. The largest absolute Gasteiger partial charge is 0.461 e. The van der Waals surface area contributed by atoms with Gasteiger partial charge in [0.05, 0.1) is 50.6 Å². The zero-order chi connectivity index (χ0) is 20.6. The number of piperidine rings is 2. The van der Waals surface area contributed by atoms with Gasteiger partial charge in [-0.1, -0.05) is 31.9 Å². The van der Waals surface area contributed by atoms with Crippen LogP contribution in [0.3, 0.4) is 0 Å². The van der Waals surface area contributed by atoms with Gasteiger partial charge in [-0.15, -0.1) is 0 Å². The van der Waals surface area contributed by atoms with Gasteiger partial charge in [0.2, 0.25) is 0 Å². The molecule has 29 heavy (non-hydrogen) atoms. The molecule has 0 aromatic heterocycles. The lowest BCUT2D eigenvalue weighted by Crippen LogP contribution is -3.23. The fourth-order valence-electron chi connectivity index (χ4n) is 8.93. The van der Waals surface area contributed by atoms with E-state index in [4.69, 9.17) is 4.74 Å². The second-order valence-corrected chi connectivity index (χ2v) is 12.8. The number of ether oxygens (including phenoxy) is 1. The van der Waals surface area contributed by atoms with Crippen molar-refractivity contribution in [1.82, 2.24) is 0 Å². The first-order valence-electron chi connectivity index (χ1n) is 12.2. The highest BCUT2D eigenvalue weighted by molar-refractivity contribution is 5.76. The smallest absolute Gasteiger partial charge is 0.315 e. The zero-order valence-corrected chi connectivity index (χ0v) is 19.3. The van der Waals surface area contributed by atoms with E-state index >= 15 is 0 Å². The first-order valence-corrected chi connectivity index (χ1v) is 12.2. The predicted molar refractivity (Wildman–Crippen MR) is 114 cm³/mol. The number of fused-ring (bicyclic) bond motifs is 4. The van der Waals surface area contributed by atoms with Crippen LogP contribution in [0.15, 0.2) is 11.6 Å². The molecule has 2 N–H and O–H groups in total. The van der Waals surface area contributed by atoms with E-state index in [-0.39, 0.29) is 23.4 Å². The van der Waals surface area contributed by atoms with Crippen LogP contribution >= 0.6 is 0 Å². The van der Waals surface area contributed by atoms with Crippen molar-refractivity contribution in [2.45, 2.75) is 65.9 Å². The van der Waals surface area contributed by atoms with E-state index in [0.29, 0.717) is 22.7 Å². The monoisotopic (exact) mass is 402 g/mol. The van der Waals surface area contributed by atoms with Crippen LogP contribution in [0.2, 0.25) is 0 Å². The fourth-order valence-corrected chi connectivity index (χ4v) is 8.93. The lowest BCUT2D eigenvalue weighted by Gasteiger charge is -2.52. The summed E-state index contributed by atoms with van der Waals surface area (Å²) in [4.78, 5) is 16.3. The third-order valence-electron chi connectivity index (χ3n) is 9.25. The molecule has 0 spiro atoms. The molecule has 0 radical (unpaired) electrons. The topological polar surface area (TPSA) is 35.2 Å². The van der Waals surface area contributed by atoms with Crippen molar-refractivity contribution < 1.29 is 19.3 Å². The Morgan fingerprint density at radius 2 is 1.83 bits per heavy atom. The van der Waals surface area contributed by atoms with Gasteiger partial charge in [0.1, 0.15) is 12.0 Å². The van der Waals surface area contributed by atoms with Gasteiger partial charge in [0, 0.05) is 5.92 Å². The van der Waals surface area contributed by atoms with Gasteiger partial charge in [-0.05, 0) is 50.9 Å². The maximum absolute atomic E-state index is 13.0. The maximum Gasteiger partial charge on any atom is 0.315 e. The summed E-state index contributed by atoms with van der Waals surface area (Å²) in [6, 6.07) is 0. The van der Waals surface area contributed by atoms with Gasteiger partial charge in [0.15, 0.2) is 0 Å². The molecule has 1 saturated carbocycles. The number of quaternary nitrogens is 2. The highest BCUT2D eigenvalue weighted by Crippen LogP contribution is 2.53. The molecule has 0 aromatic carbocycles. The Balaban J connectivity index is 1.37. The first kappa shape index (κ1) is 20.1. The minimum absolute atomic E-state index is 0.0669. The van der Waals surface area contributed by atoms with E-state index in [0.717, 1.165) is 13.0 Å². The molecular weight excluding hydrogens is 360 g/mol.